The molecule has 0 fully saturated rings. The number of nitrogens with zero attached hydrogens (tertiary/aromatic N) is 3. The van der Waals surface area contributed by atoms with Crippen LogP contribution in [-0.4, -0.2) is 36.7 Å². The lowest BCUT2D eigenvalue weighted by Gasteiger charge is -2.12. The number of aromatic amines is 1. The fraction of sp³-hybridized carbons (Fsp3) is 0.538. The highest BCUT2D eigenvalue weighted by molar-refractivity contribution is 5.76. The molecule has 0 saturated carbocycles. The molecule has 0 bridgehead atoms. The van der Waals surface area contributed by atoms with E-state index < -0.39 is 17.2 Å². The normalized spacial score (nSPS) is 12.5. The molecular formula is C13H19N5O4. The molecule has 2 aromatic heterocycles. The van der Waals surface area contributed by atoms with Crippen LogP contribution in [0.15, 0.2) is 9.59 Å². The summed E-state index contributed by atoms with van der Waals surface area (Å²) in [6.07, 6.45) is 0.692. The summed E-state index contributed by atoms with van der Waals surface area (Å²) in [5.41, 5.74) is -0.525. The van der Waals surface area contributed by atoms with Gasteiger partial charge in [0.1, 0.15) is 6.54 Å². The van der Waals surface area contributed by atoms with E-state index in [1.54, 1.807) is 4.57 Å². The highest BCUT2D eigenvalue weighted by Crippen LogP contribution is 2.19. The second-order valence-electron chi connectivity index (χ2n) is 4.99. The molecule has 0 aliphatic heterocycles. The van der Waals surface area contributed by atoms with Crippen molar-refractivity contribution in [3.05, 3.63) is 20.8 Å². The van der Waals surface area contributed by atoms with Gasteiger partial charge in [0, 0.05) is 12.6 Å². The van der Waals surface area contributed by atoms with Gasteiger partial charge < -0.3 is 15.0 Å². The molecule has 22 heavy (non-hydrogen) atoms. The van der Waals surface area contributed by atoms with Crippen LogP contribution < -0.4 is 16.6 Å². The molecule has 0 aliphatic carbocycles. The molecule has 2 aromatic rings. The lowest BCUT2D eigenvalue weighted by molar-refractivity contribution is -0.134. The van der Waals surface area contributed by atoms with Crippen LogP contribution in [0.1, 0.15) is 33.2 Å². The molecular weight excluding hydrogens is 290 g/mol. The third-order valence-electron chi connectivity index (χ3n) is 3.58. The van der Waals surface area contributed by atoms with Crippen LogP contribution in [0.3, 0.4) is 0 Å². The van der Waals surface area contributed by atoms with Crippen LogP contribution >= 0.6 is 0 Å². The van der Waals surface area contributed by atoms with Crippen molar-refractivity contribution < 1.29 is 9.90 Å². The lowest BCUT2D eigenvalue weighted by atomic mass is 10.2. The molecule has 3 N–H and O–H groups in total. The lowest BCUT2D eigenvalue weighted by Crippen LogP contribution is -2.32. The molecule has 9 nitrogen and oxygen atoms in total. The standard InChI is InChI=1S/C13H19N5O4/c1-4-7(3)18-10-9(11(21)16-13(18)22)17(5-2)12(15-10)14-6-8(19)20/h7H,4-6H2,1-3H3,(H,14,15)(H,19,20)(H,16,21,22). The van der Waals surface area contributed by atoms with Crippen LogP contribution in [0.5, 0.6) is 0 Å². The van der Waals surface area contributed by atoms with Gasteiger partial charge in [0.15, 0.2) is 11.2 Å². The summed E-state index contributed by atoms with van der Waals surface area (Å²) >= 11 is 0. The van der Waals surface area contributed by atoms with Crippen molar-refractivity contribution in [2.24, 2.45) is 0 Å². The quantitative estimate of drug-likeness (QED) is 0.709. The fourth-order valence-corrected chi connectivity index (χ4v) is 2.33. The van der Waals surface area contributed by atoms with Crippen LogP contribution in [0, 0.1) is 0 Å². The molecule has 2 heterocycles. The molecule has 120 valence electrons. The minimum absolute atomic E-state index is 0.139. The largest absolute Gasteiger partial charge is 0.480 e. The Bertz CT molecular complexity index is 816. The first-order valence-electron chi connectivity index (χ1n) is 7.11. The first-order chi connectivity index (χ1) is 10.4. The molecule has 1 unspecified atom stereocenters. The number of aromatic nitrogens is 4. The van der Waals surface area contributed by atoms with Crippen LogP contribution in [-0.2, 0) is 11.3 Å². The monoisotopic (exact) mass is 309 g/mol. The van der Waals surface area contributed by atoms with Gasteiger partial charge in [0.2, 0.25) is 5.95 Å². The van der Waals surface area contributed by atoms with E-state index in [4.69, 9.17) is 5.11 Å². The Morgan fingerprint density at radius 3 is 2.64 bits per heavy atom. The van der Waals surface area contributed by atoms with Crippen molar-refractivity contribution in [1.82, 2.24) is 19.1 Å². The number of H-pyrrole nitrogens is 1. The van der Waals surface area contributed by atoms with Gasteiger partial charge in [-0.1, -0.05) is 6.92 Å². The number of nitrogens with one attached hydrogen (secondary N) is 2. The first kappa shape index (κ1) is 15.8. The van der Waals surface area contributed by atoms with Crippen LogP contribution in [0.2, 0.25) is 0 Å². The number of hydrogen-bond donors (Lipinski definition) is 3. The van der Waals surface area contributed by atoms with Crippen molar-refractivity contribution in [2.75, 3.05) is 11.9 Å². The molecule has 1 atom stereocenters. The number of carboxylic acids is 1. The number of carboxylic acid groups (broad SMARTS) is 1. The summed E-state index contributed by atoms with van der Waals surface area (Å²) in [5.74, 6) is -0.781. The Hall–Kier alpha value is -2.58. The predicted molar refractivity (Wildman–Crippen MR) is 81.4 cm³/mol. The fourth-order valence-electron chi connectivity index (χ4n) is 2.33. The van der Waals surface area contributed by atoms with Gasteiger partial charge in [0.05, 0.1) is 0 Å². The second-order valence-corrected chi connectivity index (χ2v) is 4.99. The van der Waals surface area contributed by atoms with E-state index in [0.717, 1.165) is 0 Å². The van der Waals surface area contributed by atoms with Gasteiger partial charge >= 0.3 is 11.7 Å². The number of fused-ring (bicyclic) bond motifs is 1. The molecule has 0 amide bonds. The minimum Gasteiger partial charge on any atom is -0.480 e. The zero-order chi connectivity index (χ0) is 16.4. The third-order valence-corrected chi connectivity index (χ3v) is 3.58. The van der Waals surface area contributed by atoms with E-state index in [-0.39, 0.29) is 29.7 Å². The Labute approximate surface area is 125 Å². The van der Waals surface area contributed by atoms with E-state index in [2.05, 4.69) is 15.3 Å². The van der Waals surface area contributed by atoms with E-state index in [0.29, 0.717) is 13.0 Å². The summed E-state index contributed by atoms with van der Waals surface area (Å²) in [5, 5.41) is 11.4. The number of hydrogen-bond acceptors (Lipinski definition) is 5. The summed E-state index contributed by atoms with van der Waals surface area (Å²) in [6, 6.07) is -0.139. The highest BCUT2D eigenvalue weighted by atomic mass is 16.4. The molecule has 0 aromatic carbocycles. The predicted octanol–water partition coefficient (Wildman–Crippen LogP) is 0.374. The Balaban J connectivity index is 2.76. The van der Waals surface area contributed by atoms with Gasteiger partial charge in [-0.25, -0.2) is 4.79 Å². The Morgan fingerprint density at radius 2 is 2.09 bits per heavy atom. The van der Waals surface area contributed by atoms with Gasteiger partial charge in [0.25, 0.3) is 5.56 Å². The maximum atomic E-state index is 12.1. The summed E-state index contributed by atoms with van der Waals surface area (Å²) in [6.45, 7) is 5.68. The summed E-state index contributed by atoms with van der Waals surface area (Å²) in [7, 11) is 0. The number of aliphatic carboxylic acids is 1. The van der Waals surface area contributed by atoms with E-state index in [1.165, 1.54) is 4.57 Å². The molecule has 9 heteroatoms. The van der Waals surface area contributed by atoms with Crippen molar-refractivity contribution in [3.63, 3.8) is 0 Å². The van der Waals surface area contributed by atoms with E-state index >= 15 is 0 Å². The van der Waals surface area contributed by atoms with Gasteiger partial charge in [-0.2, -0.15) is 4.98 Å². The van der Waals surface area contributed by atoms with E-state index in [1.807, 2.05) is 20.8 Å². The molecule has 0 aliphatic rings. The SMILES string of the molecule is CCC(C)n1c(=O)[nH]c(=O)c2c1nc(NCC(=O)O)n2CC. The molecule has 0 radical (unpaired) electrons. The average molecular weight is 309 g/mol. The number of aryl methyl sites for hydroxylation is 1. The summed E-state index contributed by atoms with van der Waals surface area (Å²) < 4.78 is 2.99. The number of rotatable bonds is 6. The topological polar surface area (TPSA) is 122 Å². The Kier molecular flexibility index (Phi) is 4.34. The van der Waals surface area contributed by atoms with Crippen molar-refractivity contribution in [1.29, 1.82) is 0 Å². The van der Waals surface area contributed by atoms with Gasteiger partial charge in [-0.05, 0) is 20.3 Å². The maximum absolute atomic E-state index is 12.1. The highest BCUT2D eigenvalue weighted by Gasteiger charge is 2.20. The van der Waals surface area contributed by atoms with Crippen LogP contribution in [0.25, 0.3) is 11.2 Å². The van der Waals surface area contributed by atoms with Crippen molar-refractivity contribution in [3.8, 4) is 0 Å². The van der Waals surface area contributed by atoms with Gasteiger partial charge in [-0.3, -0.25) is 19.1 Å². The molecule has 2 rings (SSSR count). The van der Waals surface area contributed by atoms with Gasteiger partial charge in [-0.15, -0.1) is 0 Å². The smallest absolute Gasteiger partial charge is 0.330 e. The second kappa shape index (κ2) is 6.04. The molecule has 0 saturated heterocycles. The molecule has 0 spiro atoms. The minimum atomic E-state index is -1.04. The Morgan fingerprint density at radius 1 is 1.41 bits per heavy atom. The number of anilines is 1. The zero-order valence-electron chi connectivity index (χ0n) is 12.7. The van der Waals surface area contributed by atoms with Crippen LogP contribution in [0.4, 0.5) is 5.95 Å². The zero-order valence-corrected chi connectivity index (χ0v) is 12.7. The number of imidazole rings is 1. The van der Waals surface area contributed by atoms with Crippen molar-refractivity contribution >= 4 is 23.1 Å². The average Bonchev–Trinajstić information content (AvgIpc) is 2.83. The third kappa shape index (κ3) is 2.61. The summed E-state index contributed by atoms with van der Waals surface area (Å²) in [4.78, 5) is 41.5. The van der Waals surface area contributed by atoms with Crippen molar-refractivity contribution in [2.45, 2.75) is 39.8 Å². The van der Waals surface area contributed by atoms with E-state index in [9.17, 15) is 14.4 Å². The number of carbonyl (C=O) groups is 1. The first-order valence-corrected chi connectivity index (χ1v) is 7.11. The maximum Gasteiger partial charge on any atom is 0.330 e.